The fourth-order valence-corrected chi connectivity index (χ4v) is 1.90. The Labute approximate surface area is 103 Å². The van der Waals surface area contributed by atoms with Crippen LogP contribution in [0.5, 0.6) is 0 Å². The third kappa shape index (κ3) is 3.43. The lowest BCUT2D eigenvalue weighted by Gasteiger charge is -2.07. The Bertz CT molecular complexity index is 434. The SMILES string of the molecule is CCn1cccc1CNCCc1ccccn1. The van der Waals surface area contributed by atoms with Crippen LogP contribution in [0.25, 0.3) is 0 Å². The Morgan fingerprint density at radius 1 is 1.24 bits per heavy atom. The highest BCUT2D eigenvalue weighted by atomic mass is 15.0. The summed E-state index contributed by atoms with van der Waals surface area (Å²) in [6.07, 6.45) is 4.95. The summed E-state index contributed by atoms with van der Waals surface area (Å²) in [4.78, 5) is 4.30. The minimum Gasteiger partial charge on any atom is -0.351 e. The van der Waals surface area contributed by atoms with E-state index in [1.807, 2.05) is 18.3 Å². The van der Waals surface area contributed by atoms with Crippen LogP contribution in [0.4, 0.5) is 0 Å². The van der Waals surface area contributed by atoms with Gasteiger partial charge in [0.05, 0.1) is 0 Å². The molecule has 0 amide bonds. The Morgan fingerprint density at radius 2 is 2.18 bits per heavy atom. The summed E-state index contributed by atoms with van der Waals surface area (Å²) < 4.78 is 2.26. The van der Waals surface area contributed by atoms with Crippen molar-refractivity contribution in [3.63, 3.8) is 0 Å². The van der Waals surface area contributed by atoms with E-state index in [2.05, 4.69) is 46.2 Å². The van der Waals surface area contributed by atoms with Crippen LogP contribution >= 0.6 is 0 Å². The Hall–Kier alpha value is -1.61. The third-order valence-electron chi connectivity index (χ3n) is 2.85. The molecule has 3 nitrogen and oxygen atoms in total. The van der Waals surface area contributed by atoms with Crippen molar-refractivity contribution in [1.29, 1.82) is 0 Å². The molecule has 0 atom stereocenters. The van der Waals surface area contributed by atoms with Crippen LogP contribution in [-0.2, 0) is 19.5 Å². The highest BCUT2D eigenvalue weighted by Gasteiger charge is 1.98. The van der Waals surface area contributed by atoms with E-state index < -0.39 is 0 Å². The minimum absolute atomic E-state index is 0.924. The predicted octanol–water partition coefficient (Wildman–Crippen LogP) is 2.24. The number of hydrogen-bond acceptors (Lipinski definition) is 2. The molecule has 2 rings (SSSR count). The summed E-state index contributed by atoms with van der Waals surface area (Å²) in [7, 11) is 0. The lowest BCUT2D eigenvalue weighted by Crippen LogP contribution is -2.19. The molecule has 90 valence electrons. The van der Waals surface area contributed by atoms with E-state index in [-0.39, 0.29) is 0 Å². The van der Waals surface area contributed by atoms with Gasteiger partial charge in [-0.15, -0.1) is 0 Å². The van der Waals surface area contributed by atoms with Gasteiger partial charge in [0, 0.05) is 49.8 Å². The number of hydrogen-bond donors (Lipinski definition) is 1. The summed E-state index contributed by atoms with van der Waals surface area (Å²) >= 11 is 0. The molecular formula is C14H19N3. The van der Waals surface area contributed by atoms with E-state index in [1.54, 1.807) is 0 Å². The first kappa shape index (κ1) is 11.9. The highest BCUT2D eigenvalue weighted by Crippen LogP contribution is 2.01. The molecule has 0 aliphatic heterocycles. The van der Waals surface area contributed by atoms with E-state index in [0.29, 0.717) is 0 Å². The molecule has 0 aliphatic carbocycles. The van der Waals surface area contributed by atoms with Crippen LogP contribution in [0.15, 0.2) is 42.7 Å². The monoisotopic (exact) mass is 229 g/mol. The summed E-state index contributed by atoms with van der Waals surface area (Å²) in [6.45, 7) is 5.08. The number of rotatable bonds is 6. The topological polar surface area (TPSA) is 29.9 Å². The summed E-state index contributed by atoms with van der Waals surface area (Å²) in [5.41, 5.74) is 2.49. The number of nitrogens with one attached hydrogen (secondary N) is 1. The van der Waals surface area contributed by atoms with Gasteiger partial charge < -0.3 is 9.88 Å². The molecule has 0 aliphatic rings. The fourth-order valence-electron chi connectivity index (χ4n) is 1.90. The molecule has 2 heterocycles. The first-order valence-electron chi connectivity index (χ1n) is 6.15. The van der Waals surface area contributed by atoms with Crippen molar-refractivity contribution in [3.05, 3.63) is 54.1 Å². The lowest BCUT2D eigenvalue weighted by molar-refractivity contribution is 0.625. The first-order valence-corrected chi connectivity index (χ1v) is 6.15. The molecule has 2 aromatic heterocycles. The van der Waals surface area contributed by atoms with E-state index >= 15 is 0 Å². The average molecular weight is 229 g/mol. The van der Waals surface area contributed by atoms with Crippen LogP contribution in [0, 0.1) is 0 Å². The van der Waals surface area contributed by atoms with Crippen LogP contribution in [0.2, 0.25) is 0 Å². The zero-order chi connectivity index (χ0) is 11.9. The van der Waals surface area contributed by atoms with Crippen molar-refractivity contribution in [2.75, 3.05) is 6.54 Å². The average Bonchev–Trinajstić information content (AvgIpc) is 2.83. The second-order valence-electron chi connectivity index (χ2n) is 4.03. The molecule has 0 radical (unpaired) electrons. The van der Waals surface area contributed by atoms with Crippen molar-refractivity contribution >= 4 is 0 Å². The van der Waals surface area contributed by atoms with Gasteiger partial charge in [-0.25, -0.2) is 0 Å². The zero-order valence-electron chi connectivity index (χ0n) is 10.3. The summed E-state index contributed by atoms with van der Waals surface area (Å²) in [5, 5.41) is 3.45. The normalized spacial score (nSPS) is 10.6. The first-order chi connectivity index (χ1) is 8.40. The van der Waals surface area contributed by atoms with Gasteiger partial charge in [-0.05, 0) is 31.2 Å². The zero-order valence-corrected chi connectivity index (χ0v) is 10.3. The second kappa shape index (κ2) is 6.21. The van der Waals surface area contributed by atoms with Gasteiger partial charge in [-0.2, -0.15) is 0 Å². The molecule has 0 bridgehead atoms. The van der Waals surface area contributed by atoms with Crippen LogP contribution in [0.1, 0.15) is 18.3 Å². The van der Waals surface area contributed by atoms with Gasteiger partial charge >= 0.3 is 0 Å². The van der Waals surface area contributed by atoms with Gasteiger partial charge in [0.25, 0.3) is 0 Å². The molecule has 0 saturated heterocycles. The molecule has 3 heteroatoms. The van der Waals surface area contributed by atoms with Gasteiger partial charge in [0.1, 0.15) is 0 Å². The number of pyridine rings is 1. The van der Waals surface area contributed by atoms with Crippen LogP contribution in [-0.4, -0.2) is 16.1 Å². The maximum atomic E-state index is 4.30. The van der Waals surface area contributed by atoms with Crippen LogP contribution in [0.3, 0.4) is 0 Å². The maximum absolute atomic E-state index is 4.30. The van der Waals surface area contributed by atoms with Crippen LogP contribution < -0.4 is 5.32 Å². The quantitative estimate of drug-likeness (QED) is 0.770. The minimum atomic E-state index is 0.924. The van der Waals surface area contributed by atoms with Gasteiger partial charge in [0.2, 0.25) is 0 Å². The van der Waals surface area contributed by atoms with Gasteiger partial charge in [0.15, 0.2) is 0 Å². The van der Waals surface area contributed by atoms with Gasteiger partial charge in [-0.3, -0.25) is 4.98 Å². The standard InChI is InChI=1S/C14H19N3/c1-2-17-11-5-7-14(17)12-15-10-8-13-6-3-4-9-16-13/h3-7,9,11,15H,2,8,10,12H2,1H3. The molecule has 0 spiro atoms. The molecule has 2 aromatic rings. The maximum Gasteiger partial charge on any atom is 0.0416 e. The van der Waals surface area contributed by atoms with Crippen molar-refractivity contribution in [1.82, 2.24) is 14.9 Å². The van der Waals surface area contributed by atoms with E-state index in [0.717, 1.165) is 31.7 Å². The number of aryl methyl sites for hydroxylation is 1. The Balaban J connectivity index is 1.73. The van der Waals surface area contributed by atoms with Crippen molar-refractivity contribution < 1.29 is 0 Å². The highest BCUT2D eigenvalue weighted by molar-refractivity contribution is 5.07. The fraction of sp³-hybridized carbons (Fsp3) is 0.357. The van der Waals surface area contributed by atoms with Crippen molar-refractivity contribution in [2.45, 2.75) is 26.4 Å². The predicted molar refractivity (Wildman–Crippen MR) is 69.8 cm³/mol. The second-order valence-corrected chi connectivity index (χ2v) is 4.03. The largest absolute Gasteiger partial charge is 0.351 e. The van der Waals surface area contributed by atoms with E-state index in [9.17, 15) is 0 Å². The molecule has 0 aromatic carbocycles. The lowest BCUT2D eigenvalue weighted by atomic mass is 10.2. The third-order valence-corrected chi connectivity index (χ3v) is 2.85. The molecule has 0 fully saturated rings. The molecular weight excluding hydrogens is 210 g/mol. The molecule has 0 saturated carbocycles. The van der Waals surface area contributed by atoms with Gasteiger partial charge in [-0.1, -0.05) is 6.07 Å². The number of nitrogens with zero attached hydrogens (tertiary/aromatic N) is 2. The smallest absolute Gasteiger partial charge is 0.0416 e. The Morgan fingerprint density at radius 3 is 2.94 bits per heavy atom. The van der Waals surface area contributed by atoms with E-state index in [1.165, 1.54) is 5.69 Å². The van der Waals surface area contributed by atoms with Crippen molar-refractivity contribution in [3.8, 4) is 0 Å². The summed E-state index contributed by atoms with van der Waals surface area (Å²) in [6, 6.07) is 10.3. The van der Waals surface area contributed by atoms with E-state index in [4.69, 9.17) is 0 Å². The summed E-state index contributed by atoms with van der Waals surface area (Å²) in [5.74, 6) is 0. The molecule has 0 unspecified atom stereocenters. The molecule has 1 N–H and O–H groups in total. The molecule has 17 heavy (non-hydrogen) atoms. The van der Waals surface area contributed by atoms with Crippen molar-refractivity contribution in [2.24, 2.45) is 0 Å². The number of aromatic nitrogens is 2. The Kier molecular flexibility index (Phi) is 4.33.